The van der Waals surface area contributed by atoms with Gasteiger partial charge < -0.3 is 4.57 Å². The maximum absolute atomic E-state index is 13.5. The zero-order valence-corrected chi connectivity index (χ0v) is 19.1. The number of hydrogen-bond donors (Lipinski definition) is 1. The predicted octanol–water partition coefficient (Wildman–Crippen LogP) is 4.97. The van der Waals surface area contributed by atoms with Crippen molar-refractivity contribution in [3.63, 3.8) is 0 Å². The van der Waals surface area contributed by atoms with E-state index in [4.69, 9.17) is 12.2 Å². The van der Waals surface area contributed by atoms with Gasteiger partial charge in [0, 0.05) is 23.6 Å². The first-order valence-corrected chi connectivity index (χ1v) is 11.1. The van der Waals surface area contributed by atoms with E-state index in [1.807, 2.05) is 66.2 Å². The summed E-state index contributed by atoms with van der Waals surface area (Å²) in [4.78, 5) is 27.3. The van der Waals surface area contributed by atoms with E-state index in [9.17, 15) is 14.0 Å². The smallest absolute Gasteiger partial charge is 0.270 e. The summed E-state index contributed by atoms with van der Waals surface area (Å²) in [5.41, 5.74) is 4.06. The second-order valence-electron chi connectivity index (χ2n) is 8.14. The Morgan fingerprint density at radius 3 is 2.62 bits per heavy atom. The van der Waals surface area contributed by atoms with Crippen LogP contribution in [0.2, 0.25) is 0 Å². The van der Waals surface area contributed by atoms with Crippen LogP contribution in [0.4, 0.5) is 10.1 Å². The third-order valence-corrected chi connectivity index (χ3v) is 6.09. The molecule has 4 aromatic rings. The van der Waals surface area contributed by atoms with Crippen molar-refractivity contribution >= 4 is 51.8 Å². The summed E-state index contributed by atoms with van der Waals surface area (Å²) in [6, 6.07) is 21.5. The number of nitrogens with zero attached hydrogens (tertiary/aromatic N) is 2. The van der Waals surface area contributed by atoms with Crippen molar-refractivity contribution < 1.29 is 14.0 Å². The predicted molar refractivity (Wildman–Crippen MR) is 135 cm³/mol. The van der Waals surface area contributed by atoms with E-state index in [0.717, 1.165) is 22.0 Å². The Hall–Kier alpha value is -4.10. The highest BCUT2D eigenvalue weighted by Crippen LogP contribution is 2.26. The summed E-state index contributed by atoms with van der Waals surface area (Å²) in [7, 11) is 0. The molecule has 1 fully saturated rings. The van der Waals surface area contributed by atoms with Crippen LogP contribution in [-0.4, -0.2) is 21.5 Å². The first-order valence-electron chi connectivity index (χ1n) is 10.7. The number of carbonyl (C=O) groups is 2. The number of rotatable bonds is 4. The Balaban J connectivity index is 1.47. The fraction of sp³-hybridized carbons (Fsp3) is 0.0741. The van der Waals surface area contributed by atoms with E-state index in [-0.39, 0.29) is 16.5 Å². The molecule has 0 saturated carbocycles. The number of aryl methyl sites for hydroxylation is 1. The number of thiocarbonyl (C=S) groups is 1. The van der Waals surface area contributed by atoms with Gasteiger partial charge >= 0.3 is 0 Å². The molecule has 1 saturated heterocycles. The molecule has 0 unspecified atom stereocenters. The molecule has 0 radical (unpaired) electrons. The number of carbonyl (C=O) groups excluding carboxylic acids is 2. The van der Waals surface area contributed by atoms with E-state index in [1.54, 1.807) is 18.2 Å². The molecule has 0 aliphatic carbocycles. The molecular weight excluding hydrogens is 449 g/mol. The highest BCUT2D eigenvalue weighted by Gasteiger charge is 2.35. The van der Waals surface area contributed by atoms with Crippen molar-refractivity contribution in [1.82, 2.24) is 9.88 Å². The molecule has 0 atom stereocenters. The number of anilines is 1. The van der Waals surface area contributed by atoms with Gasteiger partial charge in [0.25, 0.3) is 11.8 Å². The summed E-state index contributed by atoms with van der Waals surface area (Å²) in [6.45, 7) is 2.42. The van der Waals surface area contributed by atoms with E-state index in [0.29, 0.717) is 17.8 Å². The van der Waals surface area contributed by atoms with Crippen molar-refractivity contribution in [2.75, 3.05) is 4.90 Å². The SMILES string of the molecule is Cc1ccccc1N1C(=O)/C(=C\c2ccc3c(ccn3Cc3cccc(F)c3)c2)C(=O)NC1=S. The Morgan fingerprint density at radius 2 is 1.82 bits per heavy atom. The molecule has 0 spiro atoms. The third kappa shape index (κ3) is 4.02. The summed E-state index contributed by atoms with van der Waals surface area (Å²) in [5.74, 6) is -1.26. The molecule has 168 valence electrons. The van der Waals surface area contributed by atoms with Crippen molar-refractivity contribution in [3.05, 3.63) is 107 Å². The summed E-state index contributed by atoms with van der Waals surface area (Å²) in [5, 5.41) is 3.63. The van der Waals surface area contributed by atoms with E-state index < -0.39 is 11.8 Å². The molecule has 3 aromatic carbocycles. The Kier molecular flexibility index (Phi) is 5.55. The van der Waals surface area contributed by atoms with Gasteiger partial charge in [-0.05, 0) is 78.3 Å². The number of para-hydroxylation sites is 1. The fourth-order valence-corrected chi connectivity index (χ4v) is 4.41. The van der Waals surface area contributed by atoms with Crippen LogP contribution in [0.25, 0.3) is 17.0 Å². The normalized spacial score (nSPS) is 15.3. The van der Waals surface area contributed by atoms with Crippen LogP contribution in [0.5, 0.6) is 0 Å². The van der Waals surface area contributed by atoms with Crippen molar-refractivity contribution in [2.45, 2.75) is 13.5 Å². The summed E-state index contributed by atoms with van der Waals surface area (Å²) < 4.78 is 15.6. The molecule has 34 heavy (non-hydrogen) atoms. The van der Waals surface area contributed by atoms with Crippen LogP contribution in [0.15, 0.2) is 84.6 Å². The van der Waals surface area contributed by atoms with Crippen LogP contribution < -0.4 is 10.2 Å². The quantitative estimate of drug-likeness (QED) is 0.261. The van der Waals surface area contributed by atoms with Gasteiger partial charge in [0.15, 0.2) is 5.11 Å². The summed E-state index contributed by atoms with van der Waals surface area (Å²) in [6.07, 6.45) is 3.51. The van der Waals surface area contributed by atoms with E-state index >= 15 is 0 Å². The van der Waals surface area contributed by atoms with Gasteiger partial charge in [-0.25, -0.2) is 4.39 Å². The lowest BCUT2D eigenvalue weighted by molar-refractivity contribution is -0.122. The van der Waals surface area contributed by atoms with Gasteiger partial charge in [-0.3, -0.25) is 19.8 Å². The Morgan fingerprint density at radius 1 is 1.00 bits per heavy atom. The van der Waals surface area contributed by atoms with Crippen LogP contribution in [0.3, 0.4) is 0 Å². The number of fused-ring (bicyclic) bond motifs is 1. The number of halogens is 1. The lowest BCUT2D eigenvalue weighted by atomic mass is 10.0. The molecule has 7 heteroatoms. The maximum atomic E-state index is 13.5. The van der Waals surface area contributed by atoms with Crippen LogP contribution in [0.1, 0.15) is 16.7 Å². The number of amides is 2. The minimum Gasteiger partial charge on any atom is -0.343 e. The molecule has 1 aliphatic rings. The summed E-state index contributed by atoms with van der Waals surface area (Å²) >= 11 is 5.29. The number of aromatic nitrogens is 1. The average Bonchev–Trinajstić information content (AvgIpc) is 3.19. The number of nitrogens with one attached hydrogen (secondary N) is 1. The van der Waals surface area contributed by atoms with Gasteiger partial charge in [-0.15, -0.1) is 0 Å². The average molecular weight is 470 g/mol. The standard InChI is InChI=1S/C27H20FN3O2S/c1-17-5-2-3-8-23(17)31-26(33)22(25(32)29-27(31)34)15-18-9-10-24-20(13-18)11-12-30(24)16-19-6-4-7-21(28)14-19/h2-15H,16H2,1H3,(H,29,32,34)/b22-15-. The van der Waals surface area contributed by atoms with Gasteiger partial charge in [0.05, 0.1) is 5.69 Å². The second kappa shape index (κ2) is 8.68. The van der Waals surface area contributed by atoms with Crippen LogP contribution in [-0.2, 0) is 16.1 Å². The molecule has 5 rings (SSSR count). The van der Waals surface area contributed by atoms with E-state index in [2.05, 4.69) is 5.32 Å². The molecule has 1 aromatic heterocycles. The minimum atomic E-state index is -0.524. The highest BCUT2D eigenvalue weighted by atomic mass is 32.1. The number of benzene rings is 3. The zero-order valence-electron chi connectivity index (χ0n) is 18.3. The Bertz CT molecular complexity index is 1500. The molecule has 2 amide bonds. The maximum Gasteiger partial charge on any atom is 0.270 e. The molecule has 1 N–H and O–H groups in total. The molecular formula is C27H20FN3O2S. The van der Waals surface area contributed by atoms with Crippen LogP contribution in [0, 0.1) is 12.7 Å². The molecule has 0 bridgehead atoms. The third-order valence-electron chi connectivity index (χ3n) is 5.81. The second-order valence-corrected chi connectivity index (χ2v) is 8.52. The first kappa shape index (κ1) is 21.7. The lowest BCUT2D eigenvalue weighted by Gasteiger charge is -2.30. The largest absolute Gasteiger partial charge is 0.343 e. The van der Waals surface area contributed by atoms with Crippen molar-refractivity contribution in [2.24, 2.45) is 0 Å². The first-order chi connectivity index (χ1) is 16.4. The topological polar surface area (TPSA) is 54.3 Å². The van der Waals surface area contributed by atoms with Gasteiger partial charge in [-0.2, -0.15) is 0 Å². The van der Waals surface area contributed by atoms with Gasteiger partial charge in [0.2, 0.25) is 0 Å². The van der Waals surface area contributed by atoms with Crippen molar-refractivity contribution in [3.8, 4) is 0 Å². The monoisotopic (exact) mass is 469 g/mol. The van der Waals surface area contributed by atoms with Gasteiger partial charge in [0.1, 0.15) is 11.4 Å². The fourth-order valence-electron chi connectivity index (χ4n) is 4.14. The molecule has 5 nitrogen and oxygen atoms in total. The minimum absolute atomic E-state index is 0.00963. The molecule has 1 aliphatic heterocycles. The Labute approximate surface area is 201 Å². The zero-order chi connectivity index (χ0) is 23.8. The van der Waals surface area contributed by atoms with Gasteiger partial charge in [-0.1, -0.05) is 36.4 Å². The molecule has 2 heterocycles. The number of hydrogen-bond acceptors (Lipinski definition) is 3. The van der Waals surface area contributed by atoms with Crippen molar-refractivity contribution in [1.29, 1.82) is 0 Å². The van der Waals surface area contributed by atoms with E-state index in [1.165, 1.54) is 17.0 Å². The van der Waals surface area contributed by atoms with Crippen LogP contribution >= 0.6 is 12.2 Å². The lowest BCUT2D eigenvalue weighted by Crippen LogP contribution is -2.54. The highest BCUT2D eigenvalue weighted by molar-refractivity contribution is 7.80.